The molecule has 5 aromatic rings. The molecule has 0 amide bonds. The van der Waals surface area contributed by atoms with Crippen molar-refractivity contribution in [3.63, 3.8) is 0 Å². The van der Waals surface area contributed by atoms with E-state index in [0.29, 0.717) is 28.4 Å². The van der Waals surface area contributed by atoms with Gasteiger partial charge in [-0.2, -0.15) is 10.4 Å². The highest BCUT2D eigenvalue weighted by molar-refractivity contribution is 6.13. The van der Waals surface area contributed by atoms with Crippen LogP contribution in [0, 0.1) is 18.3 Å². The maximum atomic E-state index is 13.4. The van der Waals surface area contributed by atoms with Crippen molar-refractivity contribution in [2.24, 2.45) is 5.73 Å². The number of benzene rings is 3. The van der Waals surface area contributed by atoms with Crippen LogP contribution in [0.4, 0.5) is 5.69 Å². The van der Waals surface area contributed by atoms with Gasteiger partial charge in [0.2, 0.25) is 5.78 Å². The molecule has 0 aliphatic heterocycles. The van der Waals surface area contributed by atoms with Crippen LogP contribution in [0.25, 0.3) is 22.0 Å². The maximum Gasteiger partial charge on any atom is 0.212 e. The normalized spacial score (nSPS) is 11.5. The largest absolute Gasteiger partial charge is 0.457 e. The third kappa shape index (κ3) is 4.76. The first-order valence-corrected chi connectivity index (χ1v) is 11.8. The van der Waals surface area contributed by atoms with Crippen molar-refractivity contribution in [1.29, 1.82) is 5.26 Å². The number of ketones is 1. The number of hydrogen-bond acceptors (Lipinski definition) is 6. The Kier molecular flexibility index (Phi) is 6.49. The summed E-state index contributed by atoms with van der Waals surface area (Å²) in [6.07, 6.45) is 4.99. The molecule has 38 heavy (non-hydrogen) atoms. The molecule has 8 nitrogen and oxygen atoms in total. The van der Waals surface area contributed by atoms with E-state index < -0.39 is 0 Å². The van der Waals surface area contributed by atoms with Crippen LogP contribution < -0.4 is 15.8 Å². The number of H-pyrrole nitrogens is 2. The predicted octanol–water partition coefficient (Wildman–Crippen LogP) is 6.18. The zero-order valence-corrected chi connectivity index (χ0v) is 20.6. The molecule has 2 heterocycles. The Morgan fingerprint density at radius 1 is 1.13 bits per heavy atom. The second-order valence-electron chi connectivity index (χ2n) is 8.64. The number of anilines is 1. The average molecular weight is 501 g/mol. The molecule has 0 saturated carbocycles. The topological polar surface area (TPSA) is 133 Å². The quantitative estimate of drug-likeness (QED) is 0.114. The third-order valence-corrected chi connectivity index (χ3v) is 6.12. The zero-order valence-electron chi connectivity index (χ0n) is 20.6. The van der Waals surface area contributed by atoms with Gasteiger partial charge < -0.3 is 20.8 Å². The highest BCUT2D eigenvalue weighted by atomic mass is 16.5. The summed E-state index contributed by atoms with van der Waals surface area (Å²) in [5, 5.41) is 20.0. The number of nitrogens with two attached hydrogens (primary N) is 1. The first-order chi connectivity index (χ1) is 18.5. The van der Waals surface area contributed by atoms with E-state index in [4.69, 9.17) is 15.7 Å². The van der Waals surface area contributed by atoms with Crippen molar-refractivity contribution in [3.8, 4) is 28.7 Å². The first kappa shape index (κ1) is 24.2. The summed E-state index contributed by atoms with van der Waals surface area (Å²) in [6, 6.07) is 22.1. The van der Waals surface area contributed by atoms with E-state index in [1.54, 1.807) is 36.5 Å². The molecule has 0 atom stereocenters. The van der Waals surface area contributed by atoms with Gasteiger partial charge in [0.05, 0.1) is 29.1 Å². The van der Waals surface area contributed by atoms with Gasteiger partial charge in [0.25, 0.3) is 0 Å². The number of allylic oxidation sites excluding steroid dienone is 2. The summed E-state index contributed by atoms with van der Waals surface area (Å²) in [5.41, 5.74) is 11.8. The second kappa shape index (κ2) is 10.2. The fraction of sp³-hybridized carbons (Fsp3) is 0.0333. The second-order valence-corrected chi connectivity index (χ2v) is 8.64. The van der Waals surface area contributed by atoms with Gasteiger partial charge in [0.1, 0.15) is 17.3 Å². The van der Waals surface area contributed by atoms with Gasteiger partial charge in [0.15, 0.2) is 0 Å². The van der Waals surface area contributed by atoms with E-state index in [2.05, 4.69) is 33.1 Å². The molecule has 0 unspecified atom stereocenters. The van der Waals surface area contributed by atoms with Crippen molar-refractivity contribution in [1.82, 2.24) is 15.2 Å². The third-order valence-electron chi connectivity index (χ3n) is 6.12. The number of aromatic nitrogens is 3. The summed E-state index contributed by atoms with van der Waals surface area (Å²) in [4.78, 5) is 16.6. The van der Waals surface area contributed by atoms with Crippen molar-refractivity contribution >= 4 is 22.4 Å². The van der Waals surface area contributed by atoms with Gasteiger partial charge in [-0.3, -0.25) is 9.89 Å². The lowest BCUT2D eigenvalue weighted by Gasteiger charge is -2.14. The molecule has 3 aromatic carbocycles. The molecule has 0 aliphatic carbocycles. The van der Waals surface area contributed by atoms with Crippen LogP contribution in [0.1, 0.15) is 21.6 Å². The lowest BCUT2D eigenvalue weighted by Crippen LogP contribution is -2.17. The van der Waals surface area contributed by atoms with Crippen LogP contribution in [0.15, 0.2) is 103 Å². The van der Waals surface area contributed by atoms with Gasteiger partial charge in [-0.25, -0.2) is 0 Å². The number of rotatable bonds is 8. The molecule has 0 saturated heterocycles. The lowest BCUT2D eigenvalue weighted by molar-refractivity contribution is 0.103. The van der Waals surface area contributed by atoms with E-state index in [1.807, 2.05) is 49.5 Å². The number of aryl methyl sites for hydroxylation is 1. The average Bonchev–Trinajstić information content (AvgIpc) is 3.61. The summed E-state index contributed by atoms with van der Waals surface area (Å²) >= 11 is 0. The minimum absolute atomic E-state index is 0.178. The number of nitrogens with one attached hydrogen (secondary N) is 3. The number of fused-ring (bicyclic) bond motifs is 1. The molecular formula is C30H24N6O2. The number of ether oxygens (including phenoxy) is 1. The Morgan fingerprint density at radius 2 is 1.95 bits per heavy atom. The lowest BCUT2D eigenvalue weighted by atomic mass is 10.0. The fourth-order valence-corrected chi connectivity index (χ4v) is 4.22. The van der Waals surface area contributed by atoms with Crippen LogP contribution >= 0.6 is 0 Å². The molecule has 0 spiro atoms. The van der Waals surface area contributed by atoms with Gasteiger partial charge in [-0.15, -0.1) is 0 Å². The predicted molar refractivity (Wildman–Crippen MR) is 148 cm³/mol. The molecule has 5 N–H and O–H groups in total. The number of aromatic amines is 2. The van der Waals surface area contributed by atoms with E-state index >= 15 is 0 Å². The Labute approximate surface area is 219 Å². The van der Waals surface area contributed by atoms with Crippen molar-refractivity contribution in [2.75, 3.05) is 5.32 Å². The number of nitrogens with zero attached hydrogens (tertiary/aromatic N) is 2. The van der Waals surface area contributed by atoms with Crippen LogP contribution in [-0.4, -0.2) is 21.0 Å². The molecule has 2 aromatic heterocycles. The van der Waals surface area contributed by atoms with Crippen molar-refractivity contribution < 1.29 is 9.53 Å². The SMILES string of the molecule is C=C/C(C(=O)c1cc2c(-c3cn[nH]c3)cccc2[nH]1)=C(/N)Nc1ccc(Oc2cccc(C#N)c2)cc1C. The maximum absolute atomic E-state index is 13.4. The highest BCUT2D eigenvalue weighted by Crippen LogP contribution is 2.30. The van der Waals surface area contributed by atoms with Crippen LogP contribution in [-0.2, 0) is 0 Å². The van der Waals surface area contributed by atoms with Gasteiger partial charge in [-0.1, -0.05) is 30.9 Å². The molecule has 0 aliphatic rings. The minimum atomic E-state index is -0.283. The van der Waals surface area contributed by atoms with Crippen LogP contribution in [0.2, 0.25) is 0 Å². The fourth-order valence-electron chi connectivity index (χ4n) is 4.22. The van der Waals surface area contributed by atoms with Gasteiger partial charge in [0, 0.05) is 28.4 Å². The number of nitriles is 1. The van der Waals surface area contributed by atoms with E-state index in [1.165, 1.54) is 6.08 Å². The Morgan fingerprint density at radius 3 is 2.68 bits per heavy atom. The summed E-state index contributed by atoms with van der Waals surface area (Å²) in [7, 11) is 0. The van der Waals surface area contributed by atoms with E-state index in [9.17, 15) is 4.79 Å². The molecule has 0 bridgehead atoms. The Hall–Kier alpha value is -5.55. The highest BCUT2D eigenvalue weighted by Gasteiger charge is 2.18. The smallest absolute Gasteiger partial charge is 0.212 e. The monoisotopic (exact) mass is 500 g/mol. The molecule has 0 fully saturated rings. The number of Topliss-reactive ketones (excluding diaryl/α,β-unsaturated/α-hetero) is 1. The van der Waals surface area contributed by atoms with E-state index in [-0.39, 0.29) is 17.2 Å². The Bertz CT molecular complexity index is 1740. The number of hydrogen-bond donors (Lipinski definition) is 4. The first-order valence-electron chi connectivity index (χ1n) is 11.8. The molecule has 0 radical (unpaired) electrons. The van der Waals surface area contributed by atoms with Crippen LogP contribution in [0.5, 0.6) is 11.5 Å². The Balaban J connectivity index is 1.39. The molecule has 186 valence electrons. The summed E-state index contributed by atoms with van der Waals surface area (Å²) < 4.78 is 5.89. The van der Waals surface area contributed by atoms with E-state index in [0.717, 1.165) is 27.6 Å². The van der Waals surface area contributed by atoms with Crippen molar-refractivity contribution in [2.45, 2.75) is 6.92 Å². The molecule has 8 heteroatoms. The minimum Gasteiger partial charge on any atom is -0.457 e. The zero-order chi connectivity index (χ0) is 26.6. The van der Waals surface area contributed by atoms with Crippen LogP contribution in [0.3, 0.4) is 0 Å². The summed E-state index contributed by atoms with van der Waals surface area (Å²) in [5.74, 6) is 1.07. The molecular weight excluding hydrogens is 476 g/mol. The number of carbonyl (C=O) groups excluding carboxylic acids is 1. The van der Waals surface area contributed by atoms with Crippen molar-refractivity contribution in [3.05, 3.63) is 120 Å². The standard InChI is InChI=1S/C30H24N6O2/c1-3-23(29(37)28-14-25-24(20-16-33-34-17-20)8-5-9-27(25)35-28)30(32)36-26-11-10-22(12-18(26)2)38-21-7-4-6-19(13-21)15-31/h3-14,16-17,35-36H,1,32H2,2H3,(H,33,34)/b30-23+. The summed E-state index contributed by atoms with van der Waals surface area (Å²) in [6.45, 7) is 5.71. The number of carbonyl (C=O) groups is 1. The van der Waals surface area contributed by atoms with Gasteiger partial charge in [-0.05, 0) is 66.6 Å². The molecule has 5 rings (SSSR count). The van der Waals surface area contributed by atoms with Gasteiger partial charge >= 0.3 is 0 Å².